The van der Waals surface area contributed by atoms with Gasteiger partial charge in [0.25, 0.3) is 0 Å². The van der Waals surface area contributed by atoms with Crippen LogP contribution in [0.25, 0.3) is 0 Å². The summed E-state index contributed by atoms with van der Waals surface area (Å²) in [6.45, 7) is 2.10. The standard InChI is InChI=1S/C13H20ClN3O2/c1-2-19-13(18)12-11(9-14)17(16-15-12)10-7-5-3-4-6-8-10/h10H,2-9H2,1H3. The molecule has 0 N–H and O–H groups in total. The maximum atomic E-state index is 11.8. The molecule has 1 aromatic rings. The second-order valence-corrected chi connectivity index (χ2v) is 5.10. The molecule has 0 bridgehead atoms. The Morgan fingerprint density at radius 3 is 2.63 bits per heavy atom. The van der Waals surface area contributed by atoms with Crippen LogP contribution in [-0.4, -0.2) is 27.6 Å². The quantitative estimate of drug-likeness (QED) is 0.485. The molecule has 1 fully saturated rings. The summed E-state index contributed by atoms with van der Waals surface area (Å²) in [4.78, 5) is 11.8. The van der Waals surface area contributed by atoms with Gasteiger partial charge < -0.3 is 4.74 Å². The molecule has 106 valence electrons. The van der Waals surface area contributed by atoms with Gasteiger partial charge in [0.05, 0.1) is 24.2 Å². The number of ether oxygens (including phenoxy) is 1. The highest BCUT2D eigenvalue weighted by Gasteiger charge is 2.24. The van der Waals surface area contributed by atoms with Gasteiger partial charge >= 0.3 is 5.97 Å². The van der Waals surface area contributed by atoms with Gasteiger partial charge in [0.2, 0.25) is 0 Å². The maximum absolute atomic E-state index is 11.8. The molecule has 1 saturated carbocycles. The highest BCUT2D eigenvalue weighted by molar-refractivity contribution is 6.17. The van der Waals surface area contributed by atoms with E-state index in [-0.39, 0.29) is 11.6 Å². The fraction of sp³-hybridized carbons (Fsp3) is 0.769. The number of esters is 1. The van der Waals surface area contributed by atoms with E-state index in [4.69, 9.17) is 16.3 Å². The summed E-state index contributed by atoms with van der Waals surface area (Å²) < 4.78 is 6.82. The third-order valence-electron chi connectivity index (χ3n) is 3.56. The van der Waals surface area contributed by atoms with Crippen LogP contribution in [0.2, 0.25) is 0 Å². The Balaban J connectivity index is 2.22. The molecule has 0 aromatic carbocycles. The number of hydrogen-bond donors (Lipinski definition) is 0. The number of aromatic nitrogens is 3. The van der Waals surface area contributed by atoms with Crippen LogP contribution >= 0.6 is 11.6 Å². The van der Waals surface area contributed by atoms with Crippen molar-refractivity contribution in [3.8, 4) is 0 Å². The van der Waals surface area contributed by atoms with Gasteiger partial charge in [-0.1, -0.05) is 30.9 Å². The van der Waals surface area contributed by atoms with E-state index in [2.05, 4.69) is 10.3 Å². The molecule has 1 aliphatic rings. The van der Waals surface area contributed by atoms with Gasteiger partial charge in [-0.15, -0.1) is 16.7 Å². The highest BCUT2D eigenvalue weighted by Crippen LogP contribution is 2.28. The molecule has 0 spiro atoms. The molecule has 19 heavy (non-hydrogen) atoms. The fourth-order valence-electron chi connectivity index (χ4n) is 2.59. The molecule has 1 heterocycles. The summed E-state index contributed by atoms with van der Waals surface area (Å²) in [6.07, 6.45) is 7.09. The first-order chi connectivity index (χ1) is 9.27. The lowest BCUT2D eigenvalue weighted by Crippen LogP contribution is -2.14. The summed E-state index contributed by atoms with van der Waals surface area (Å²) in [5.41, 5.74) is 0.952. The Kier molecular flexibility index (Phi) is 5.19. The third-order valence-corrected chi connectivity index (χ3v) is 3.81. The van der Waals surface area contributed by atoms with E-state index in [1.54, 1.807) is 6.92 Å². The van der Waals surface area contributed by atoms with Crippen molar-refractivity contribution in [3.05, 3.63) is 11.4 Å². The second-order valence-electron chi connectivity index (χ2n) is 4.83. The van der Waals surface area contributed by atoms with Crippen LogP contribution in [0.1, 0.15) is 67.7 Å². The van der Waals surface area contributed by atoms with Crippen molar-refractivity contribution >= 4 is 17.6 Å². The van der Waals surface area contributed by atoms with Crippen LogP contribution in [-0.2, 0) is 10.6 Å². The van der Waals surface area contributed by atoms with Crippen molar-refractivity contribution in [3.63, 3.8) is 0 Å². The van der Waals surface area contributed by atoms with Crippen LogP contribution in [0.3, 0.4) is 0 Å². The van der Waals surface area contributed by atoms with Crippen molar-refractivity contribution in [1.82, 2.24) is 15.0 Å². The molecule has 0 amide bonds. The van der Waals surface area contributed by atoms with Gasteiger partial charge in [0.1, 0.15) is 0 Å². The zero-order valence-electron chi connectivity index (χ0n) is 11.3. The predicted molar refractivity (Wildman–Crippen MR) is 72.3 cm³/mol. The lowest BCUT2D eigenvalue weighted by atomic mass is 10.1. The van der Waals surface area contributed by atoms with Gasteiger partial charge in [-0.25, -0.2) is 9.48 Å². The smallest absolute Gasteiger partial charge is 0.360 e. The van der Waals surface area contributed by atoms with Gasteiger partial charge in [-0.05, 0) is 19.8 Å². The summed E-state index contributed by atoms with van der Waals surface area (Å²) in [5.74, 6) is -0.199. The lowest BCUT2D eigenvalue weighted by Gasteiger charge is -2.16. The normalized spacial score (nSPS) is 17.2. The SMILES string of the molecule is CCOC(=O)c1nnn(C2CCCCCC2)c1CCl. The molecular formula is C13H20ClN3O2. The Labute approximate surface area is 118 Å². The van der Waals surface area contributed by atoms with Crippen molar-refractivity contribution in [2.24, 2.45) is 0 Å². The predicted octanol–water partition coefficient (Wildman–Crippen LogP) is 3.09. The Morgan fingerprint density at radius 1 is 1.37 bits per heavy atom. The van der Waals surface area contributed by atoms with Gasteiger partial charge in [0, 0.05) is 0 Å². The van der Waals surface area contributed by atoms with Crippen LogP contribution in [0.4, 0.5) is 0 Å². The summed E-state index contributed by atoms with van der Waals surface area (Å²) in [5, 5.41) is 8.10. The van der Waals surface area contributed by atoms with E-state index in [0.717, 1.165) is 12.8 Å². The molecule has 0 aliphatic heterocycles. The van der Waals surface area contributed by atoms with Crippen molar-refractivity contribution in [2.75, 3.05) is 6.61 Å². The van der Waals surface area contributed by atoms with Gasteiger partial charge in [-0.3, -0.25) is 0 Å². The zero-order valence-corrected chi connectivity index (χ0v) is 12.0. The van der Waals surface area contributed by atoms with Crippen LogP contribution < -0.4 is 0 Å². The minimum atomic E-state index is -0.432. The van der Waals surface area contributed by atoms with Crippen molar-refractivity contribution in [1.29, 1.82) is 0 Å². The van der Waals surface area contributed by atoms with Crippen molar-refractivity contribution < 1.29 is 9.53 Å². The first-order valence-corrected chi connectivity index (χ1v) is 7.48. The number of carbonyl (C=O) groups is 1. The minimum absolute atomic E-state index is 0.234. The van der Waals surface area contributed by atoms with E-state index in [9.17, 15) is 4.79 Å². The largest absolute Gasteiger partial charge is 0.461 e. The Hall–Kier alpha value is -1.10. The van der Waals surface area contributed by atoms with Crippen LogP contribution in [0.15, 0.2) is 0 Å². The lowest BCUT2D eigenvalue weighted by molar-refractivity contribution is 0.0518. The van der Waals surface area contributed by atoms with E-state index in [1.165, 1.54) is 25.7 Å². The highest BCUT2D eigenvalue weighted by atomic mass is 35.5. The monoisotopic (exact) mass is 285 g/mol. The van der Waals surface area contributed by atoms with E-state index < -0.39 is 5.97 Å². The molecule has 0 atom stereocenters. The number of carbonyl (C=O) groups excluding carboxylic acids is 1. The molecule has 2 rings (SSSR count). The number of rotatable bonds is 4. The first kappa shape index (κ1) is 14.3. The Morgan fingerprint density at radius 2 is 2.05 bits per heavy atom. The van der Waals surface area contributed by atoms with Crippen molar-refractivity contribution in [2.45, 2.75) is 57.4 Å². The molecule has 1 aliphatic carbocycles. The fourth-order valence-corrected chi connectivity index (χ4v) is 2.84. The first-order valence-electron chi connectivity index (χ1n) is 6.95. The minimum Gasteiger partial charge on any atom is -0.461 e. The van der Waals surface area contributed by atoms with Crippen LogP contribution in [0, 0.1) is 0 Å². The molecule has 5 nitrogen and oxygen atoms in total. The van der Waals surface area contributed by atoms with Crippen LogP contribution in [0.5, 0.6) is 0 Å². The second kappa shape index (κ2) is 6.89. The maximum Gasteiger partial charge on any atom is 0.360 e. The number of alkyl halides is 1. The van der Waals surface area contributed by atoms with E-state index >= 15 is 0 Å². The van der Waals surface area contributed by atoms with Gasteiger partial charge in [0.15, 0.2) is 5.69 Å². The van der Waals surface area contributed by atoms with E-state index in [0.29, 0.717) is 18.3 Å². The molecule has 1 aromatic heterocycles. The average molecular weight is 286 g/mol. The summed E-state index contributed by atoms with van der Waals surface area (Å²) in [6, 6.07) is 0.312. The summed E-state index contributed by atoms with van der Waals surface area (Å²) >= 11 is 5.97. The zero-order chi connectivity index (χ0) is 13.7. The number of hydrogen-bond acceptors (Lipinski definition) is 4. The molecule has 0 saturated heterocycles. The average Bonchev–Trinajstić information content (AvgIpc) is 2.66. The summed E-state index contributed by atoms with van der Waals surface area (Å²) in [7, 11) is 0. The number of nitrogens with zero attached hydrogens (tertiary/aromatic N) is 3. The third kappa shape index (κ3) is 3.26. The molecular weight excluding hydrogens is 266 g/mol. The Bertz CT molecular complexity index is 426. The molecule has 6 heteroatoms. The van der Waals surface area contributed by atoms with E-state index in [1.807, 2.05) is 4.68 Å². The number of halogens is 1. The molecule has 0 unspecified atom stereocenters. The topological polar surface area (TPSA) is 57.0 Å². The van der Waals surface area contributed by atoms with Gasteiger partial charge in [-0.2, -0.15) is 0 Å². The molecule has 0 radical (unpaired) electrons.